The molecule has 0 amide bonds. The van der Waals surface area contributed by atoms with E-state index in [0.29, 0.717) is 24.6 Å². The molecule has 1 saturated heterocycles. The quantitative estimate of drug-likeness (QED) is 0.286. The van der Waals surface area contributed by atoms with Gasteiger partial charge in [-0.05, 0) is 106 Å². The first-order valence-corrected chi connectivity index (χ1v) is 15.5. The summed E-state index contributed by atoms with van der Waals surface area (Å²) in [6.45, 7) is 6.93. The summed E-state index contributed by atoms with van der Waals surface area (Å²) in [6.07, 6.45) is 0.550. The Morgan fingerprint density at radius 2 is 1.82 bits per heavy atom. The highest BCUT2D eigenvalue weighted by Crippen LogP contribution is 2.49. The summed E-state index contributed by atoms with van der Waals surface area (Å²) in [4.78, 5) is 14.1. The largest absolute Gasteiger partial charge is 0.573 e. The second-order valence-corrected chi connectivity index (χ2v) is 12.9. The maximum atomic E-state index is 13.4. The van der Waals surface area contributed by atoms with Gasteiger partial charge in [0.1, 0.15) is 17.1 Å². The van der Waals surface area contributed by atoms with Gasteiger partial charge in [0.05, 0.1) is 17.3 Å². The van der Waals surface area contributed by atoms with Crippen LogP contribution in [0.2, 0.25) is 0 Å². The first-order valence-electron chi connectivity index (χ1n) is 15.5. The average Bonchev–Trinajstić information content (AvgIpc) is 3.74. The van der Waals surface area contributed by atoms with E-state index in [1.807, 2.05) is 27.0 Å². The summed E-state index contributed by atoms with van der Waals surface area (Å²) in [5, 5.41) is 14.1. The van der Waals surface area contributed by atoms with Crippen LogP contribution in [0.1, 0.15) is 80.3 Å². The van der Waals surface area contributed by atoms with Crippen LogP contribution in [0.25, 0.3) is 11.3 Å². The van der Waals surface area contributed by atoms with Crippen LogP contribution in [0.4, 0.5) is 13.2 Å². The normalized spacial score (nSPS) is 20.4. The average molecular weight is 612 g/mol. The highest BCUT2D eigenvalue weighted by atomic mass is 19.4. The number of carbonyl (C=O) groups is 1. The number of nitrogens with zero attached hydrogens (tertiary/aromatic N) is 3. The standard InChI is InChI=1S/C34H40F3N3O4/c1-20-17-28(39(4)38-20)25-9-10-29(44-34(35,36)37)27(18-25)22(3)40-15-13-33(14-16-40)12-11-23-5-8-26(19-30(23)43-33)31(24-6-7-24)21(2)32(41)42/h5,8-10,17-19,21-22,24,31H,6-7,11-16H2,1-4H3,(H,41,42). The van der Waals surface area contributed by atoms with Crippen LogP contribution in [0.15, 0.2) is 42.5 Å². The SMILES string of the molecule is Cc1cc(-c2ccc(OC(F)(F)F)c(C(C)N3CCC4(CCc5ccc(C(C6CC6)C(C)C(=O)O)cc5O4)CC3)c2)n(C)n1. The van der Waals surface area contributed by atoms with E-state index in [2.05, 4.69) is 32.9 Å². The molecule has 0 bridgehead atoms. The van der Waals surface area contributed by atoms with Gasteiger partial charge in [0.25, 0.3) is 0 Å². The Kier molecular flexibility index (Phi) is 7.93. The fourth-order valence-electron chi connectivity index (χ4n) is 7.31. The predicted octanol–water partition coefficient (Wildman–Crippen LogP) is 7.43. The number of aryl methyl sites for hydroxylation is 3. The number of hydrogen-bond acceptors (Lipinski definition) is 5. The molecule has 3 atom stereocenters. The van der Waals surface area contributed by atoms with Crippen molar-refractivity contribution >= 4 is 5.97 Å². The van der Waals surface area contributed by atoms with Crippen molar-refractivity contribution in [2.45, 2.75) is 83.2 Å². The third-order valence-corrected chi connectivity index (χ3v) is 9.95. The Balaban J connectivity index is 1.20. The topological polar surface area (TPSA) is 76.8 Å². The van der Waals surface area contributed by atoms with Gasteiger partial charge in [-0.25, -0.2) is 0 Å². The van der Waals surface area contributed by atoms with E-state index in [9.17, 15) is 23.1 Å². The van der Waals surface area contributed by atoms with E-state index >= 15 is 0 Å². The smallest absolute Gasteiger partial charge is 0.487 e. The minimum atomic E-state index is -4.80. The second kappa shape index (κ2) is 11.4. The van der Waals surface area contributed by atoms with Gasteiger partial charge in [-0.2, -0.15) is 5.10 Å². The summed E-state index contributed by atoms with van der Waals surface area (Å²) < 4.78 is 53.1. The Bertz CT molecular complexity index is 1540. The zero-order chi connectivity index (χ0) is 31.4. The third kappa shape index (κ3) is 6.18. The summed E-state index contributed by atoms with van der Waals surface area (Å²) in [7, 11) is 1.82. The van der Waals surface area contributed by atoms with Gasteiger partial charge in [-0.3, -0.25) is 14.4 Å². The highest BCUT2D eigenvalue weighted by Gasteiger charge is 2.43. The molecule has 10 heteroatoms. The van der Waals surface area contributed by atoms with E-state index in [0.717, 1.165) is 72.4 Å². The molecule has 1 aliphatic carbocycles. The zero-order valence-corrected chi connectivity index (χ0v) is 25.7. The number of piperidine rings is 1. The van der Waals surface area contributed by atoms with E-state index in [-0.39, 0.29) is 23.3 Å². The number of fused-ring (bicyclic) bond motifs is 1. The van der Waals surface area contributed by atoms with Crippen LogP contribution in [-0.2, 0) is 18.3 Å². The van der Waals surface area contributed by atoms with E-state index in [1.54, 1.807) is 23.7 Å². The molecule has 44 heavy (non-hydrogen) atoms. The van der Waals surface area contributed by atoms with Gasteiger partial charge in [0.2, 0.25) is 0 Å². The fraction of sp³-hybridized carbons (Fsp3) is 0.529. The number of aromatic nitrogens is 2. The van der Waals surface area contributed by atoms with Crippen LogP contribution in [0.3, 0.4) is 0 Å². The molecule has 3 unspecified atom stereocenters. The Labute approximate surface area is 256 Å². The zero-order valence-electron chi connectivity index (χ0n) is 25.7. The van der Waals surface area contributed by atoms with Crippen LogP contribution < -0.4 is 9.47 Å². The maximum absolute atomic E-state index is 13.4. The third-order valence-electron chi connectivity index (χ3n) is 9.95. The minimum Gasteiger partial charge on any atom is -0.487 e. The molecule has 236 valence electrons. The molecule has 1 N–H and O–H groups in total. The molecular weight excluding hydrogens is 571 g/mol. The Morgan fingerprint density at radius 1 is 1.09 bits per heavy atom. The lowest BCUT2D eigenvalue weighted by Crippen LogP contribution is -2.50. The summed E-state index contributed by atoms with van der Waals surface area (Å²) >= 11 is 0. The summed E-state index contributed by atoms with van der Waals surface area (Å²) in [5.41, 5.74) is 4.73. The number of rotatable bonds is 8. The molecule has 2 fully saturated rings. The number of carboxylic acid groups (broad SMARTS) is 1. The molecule has 3 aliphatic rings. The predicted molar refractivity (Wildman–Crippen MR) is 160 cm³/mol. The number of benzene rings is 2. The van der Waals surface area contributed by atoms with Crippen molar-refractivity contribution in [3.8, 4) is 22.8 Å². The van der Waals surface area contributed by atoms with Crippen LogP contribution >= 0.6 is 0 Å². The van der Waals surface area contributed by atoms with E-state index < -0.39 is 18.2 Å². The fourth-order valence-corrected chi connectivity index (χ4v) is 7.31. The lowest BCUT2D eigenvalue weighted by molar-refractivity contribution is -0.275. The van der Waals surface area contributed by atoms with Gasteiger partial charge >= 0.3 is 12.3 Å². The van der Waals surface area contributed by atoms with Gasteiger partial charge < -0.3 is 14.6 Å². The summed E-state index contributed by atoms with van der Waals surface area (Å²) in [5.74, 6) is -0.213. The van der Waals surface area contributed by atoms with E-state index in [4.69, 9.17) is 4.74 Å². The molecule has 6 rings (SSSR count). The van der Waals surface area contributed by atoms with Crippen molar-refractivity contribution in [2.75, 3.05) is 13.1 Å². The molecule has 0 radical (unpaired) electrons. The lowest BCUT2D eigenvalue weighted by Gasteiger charge is -2.46. The monoisotopic (exact) mass is 611 g/mol. The van der Waals surface area contributed by atoms with Gasteiger partial charge in [-0.15, -0.1) is 13.2 Å². The van der Waals surface area contributed by atoms with Crippen molar-refractivity contribution < 1.29 is 32.5 Å². The number of ether oxygens (including phenoxy) is 2. The van der Waals surface area contributed by atoms with E-state index in [1.165, 1.54) is 6.07 Å². The first kappa shape index (κ1) is 30.5. The van der Waals surface area contributed by atoms with Gasteiger partial charge in [0, 0.05) is 37.3 Å². The Morgan fingerprint density at radius 3 is 2.43 bits per heavy atom. The van der Waals surface area contributed by atoms with Crippen molar-refractivity contribution in [3.05, 3.63) is 64.8 Å². The summed E-state index contributed by atoms with van der Waals surface area (Å²) in [6, 6.07) is 12.7. The van der Waals surface area contributed by atoms with Crippen molar-refractivity contribution in [3.63, 3.8) is 0 Å². The van der Waals surface area contributed by atoms with Crippen molar-refractivity contribution in [1.82, 2.24) is 14.7 Å². The van der Waals surface area contributed by atoms with Crippen molar-refractivity contribution in [1.29, 1.82) is 0 Å². The molecule has 3 aromatic rings. The number of aliphatic carboxylic acids is 1. The van der Waals surface area contributed by atoms with Crippen LogP contribution in [0.5, 0.6) is 11.5 Å². The second-order valence-electron chi connectivity index (χ2n) is 12.9. The molecule has 2 aromatic carbocycles. The molecule has 2 aliphatic heterocycles. The Hall–Kier alpha value is -3.53. The lowest BCUT2D eigenvalue weighted by atomic mass is 9.80. The first-order chi connectivity index (χ1) is 20.8. The van der Waals surface area contributed by atoms with Gasteiger partial charge in [-0.1, -0.05) is 19.1 Å². The number of carboxylic acids is 1. The maximum Gasteiger partial charge on any atom is 0.573 e. The van der Waals surface area contributed by atoms with Crippen LogP contribution in [-0.4, -0.2) is 50.8 Å². The highest BCUT2D eigenvalue weighted by molar-refractivity contribution is 5.71. The number of alkyl halides is 3. The molecule has 7 nitrogen and oxygen atoms in total. The number of hydrogen-bond donors (Lipinski definition) is 1. The van der Waals surface area contributed by atoms with Crippen molar-refractivity contribution in [2.24, 2.45) is 18.9 Å². The molecular formula is C34H40F3N3O4. The molecule has 1 spiro atoms. The molecule has 1 aromatic heterocycles. The number of halogens is 3. The molecule has 1 saturated carbocycles. The number of likely N-dealkylation sites (tertiary alicyclic amines) is 1. The van der Waals surface area contributed by atoms with Crippen LogP contribution in [0, 0.1) is 18.8 Å². The molecule has 3 heterocycles. The van der Waals surface area contributed by atoms with Gasteiger partial charge in [0.15, 0.2) is 0 Å². The minimum absolute atomic E-state index is 0.0267.